The van der Waals surface area contributed by atoms with E-state index < -0.39 is 0 Å². The first-order chi connectivity index (χ1) is 12.6. The average molecular weight is 358 g/mol. The number of imidazole rings is 1. The monoisotopic (exact) mass is 358 g/mol. The number of nitrogens with one attached hydrogen (secondary N) is 1. The third kappa shape index (κ3) is 3.75. The van der Waals surface area contributed by atoms with Gasteiger partial charge in [0.15, 0.2) is 0 Å². The van der Waals surface area contributed by atoms with E-state index in [1.165, 1.54) is 0 Å². The van der Waals surface area contributed by atoms with Crippen LogP contribution in [0.1, 0.15) is 12.7 Å². The SMILES string of the molecule is CC1(CNC(=O)Cn2c(CN3CCOCC3)nc3ccccc32)COC1. The third-order valence-corrected chi connectivity index (χ3v) is 5.12. The molecule has 1 aromatic heterocycles. The molecule has 4 rings (SSSR count). The Morgan fingerprint density at radius 1 is 1.23 bits per heavy atom. The van der Waals surface area contributed by atoms with E-state index in [4.69, 9.17) is 14.5 Å². The van der Waals surface area contributed by atoms with Gasteiger partial charge in [-0.1, -0.05) is 19.1 Å². The van der Waals surface area contributed by atoms with E-state index in [9.17, 15) is 4.79 Å². The van der Waals surface area contributed by atoms with Gasteiger partial charge in [-0.2, -0.15) is 0 Å². The fourth-order valence-corrected chi connectivity index (χ4v) is 3.45. The lowest BCUT2D eigenvalue weighted by atomic mass is 9.89. The molecule has 2 aliphatic heterocycles. The van der Waals surface area contributed by atoms with Gasteiger partial charge in [0.05, 0.1) is 44.0 Å². The van der Waals surface area contributed by atoms with Crippen LogP contribution in [0.5, 0.6) is 0 Å². The Morgan fingerprint density at radius 3 is 2.73 bits per heavy atom. The summed E-state index contributed by atoms with van der Waals surface area (Å²) < 4.78 is 12.7. The first kappa shape index (κ1) is 17.5. The van der Waals surface area contributed by atoms with Crippen molar-refractivity contribution < 1.29 is 14.3 Å². The highest BCUT2D eigenvalue weighted by Crippen LogP contribution is 2.25. The Bertz CT molecular complexity index is 778. The lowest BCUT2D eigenvalue weighted by Crippen LogP contribution is -2.49. The van der Waals surface area contributed by atoms with Crippen LogP contribution in [0.25, 0.3) is 11.0 Å². The molecule has 7 heteroatoms. The standard InChI is InChI=1S/C19H26N4O3/c1-19(13-26-14-19)12-20-18(24)11-23-16-5-3-2-4-15(16)21-17(23)10-22-6-8-25-9-7-22/h2-5H,6-14H2,1H3,(H,20,24). The molecule has 2 saturated heterocycles. The number of para-hydroxylation sites is 2. The van der Waals surface area contributed by atoms with Crippen LogP contribution in [0.2, 0.25) is 0 Å². The van der Waals surface area contributed by atoms with E-state index in [0.717, 1.165) is 49.7 Å². The molecule has 0 radical (unpaired) electrons. The van der Waals surface area contributed by atoms with Crippen LogP contribution in [-0.2, 0) is 27.4 Å². The number of ether oxygens (including phenoxy) is 2. The zero-order valence-corrected chi connectivity index (χ0v) is 15.2. The Hall–Kier alpha value is -1.96. The summed E-state index contributed by atoms with van der Waals surface area (Å²) in [5.41, 5.74) is 2.01. The van der Waals surface area contributed by atoms with Crippen LogP contribution in [0.4, 0.5) is 0 Å². The van der Waals surface area contributed by atoms with E-state index in [2.05, 4.69) is 17.1 Å². The average Bonchev–Trinajstić information content (AvgIpc) is 2.96. The van der Waals surface area contributed by atoms with Gasteiger partial charge < -0.3 is 19.4 Å². The topological polar surface area (TPSA) is 68.6 Å². The molecule has 0 atom stereocenters. The quantitative estimate of drug-likeness (QED) is 0.835. The second kappa shape index (κ2) is 7.34. The van der Waals surface area contributed by atoms with Gasteiger partial charge >= 0.3 is 0 Å². The number of rotatable bonds is 6. The first-order valence-corrected chi connectivity index (χ1v) is 9.22. The Labute approximate surface area is 153 Å². The van der Waals surface area contributed by atoms with Crippen molar-refractivity contribution >= 4 is 16.9 Å². The molecule has 2 aromatic rings. The van der Waals surface area contributed by atoms with Crippen LogP contribution < -0.4 is 5.32 Å². The van der Waals surface area contributed by atoms with E-state index in [-0.39, 0.29) is 17.9 Å². The minimum atomic E-state index is 0.0181. The van der Waals surface area contributed by atoms with Gasteiger partial charge in [0.2, 0.25) is 5.91 Å². The molecule has 2 aliphatic rings. The number of benzene rings is 1. The van der Waals surface area contributed by atoms with Gasteiger partial charge in [-0.15, -0.1) is 0 Å². The molecule has 0 spiro atoms. The maximum absolute atomic E-state index is 12.6. The molecule has 0 bridgehead atoms. The molecule has 2 fully saturated rings. The minimum absolute atomic E-state index is 0.0181. The van der Waals surface area contributed by atoms with Crippen molar-refractivity contribution in [1.29, 1.82) is 0 Å². The van der Waals surface area contributed by atoms with Gasteiger partial charge in [0.25, 0.3) is 0 Å². The molecule has 26 heavy (non-hydrogen) atoms. The lowest BCUT2D eigenvalue weighted by molar-refractivity contribution is -0.127. The maximum Gasteiger partial charge on any atom is 0.240 e. The predicted molar refractivity (Wildman–Crippen MR) is 97.8 cm³/mol. The Balaban J connectivity index is 1.50. The number of aromatic nitrogens is 2. The number of nitrogens with zero attached hydrogens (tertiary/aromatic N) is 3. The van der Waals surface area contributed by atoms with Crippen molar-refractivity contribution in [2.24, 2.45) is 5.41 Å². The lowest BCUT2D eigenvalue weighted by Gasteiger charge is -2.38. The number of morpholine rings is 1. The number of carbonyl (C=O) groups excluding carboxylic acids is 1. The van der Waals surface area contributed by atoms with Crippen molar-refractivity contribution in [1.82, 2.24) is 19.8 Å². The summed E-state index contributed by atoms with van der Waals surface area (Å²) in [5, 5.41) is 3.06. The number of hydrogen-bond acceptors (Lipinski definition) is 5. The fourth-order valence-electron chi connectivity index (χ4n) is 3.45. The summed E-state index contributed by atoms with van der Waals surface area (Å²) in [6.07, 6.45) is 0. The highest BCUT2D eigenvalue weighted by Gasteiger charge is 2.33. The van der Waals surface area contributed by atoms with Gasteiger partial charge in [0, 0.05) is 25.0 Å². The summed E-state index contributed by atoms with van der Waals surface area (Å²) in [5.74, 6) is 0.950. The Morgan fingerprint density at radius 2 is 2.00 bits per heavy atom. The first-order valence-electron chi connectivity index (χ1n) is 9.22. The Kier molecular flexibility index (Phi) is 4.93. The molecule has 0 aliphatic carbocycles. The van der Waals surface area contributed by atoms with Crippen LogP contribution in [0, 0.1) is 5.41 Å². The molecule has 0 unspecified atom stereocenters. The molecule has 0 saturated carbocycles. The van der Waals surface area contributed by atoms with E-state index in [0.29, 0.717) is 19.8 Å². The van der Waals surface area contributed by atoms with Crippen LogP contribution in [-0.4, -0.2) is 66.4 Å². The summed E-state index contributed by atoms with van der Waals surface area (Å²) >= 11 is 0. The highest BCUT2D eigenvalue weighted by atomic mass is 16.5. The van der Waals surface area contributed by atoms with Crippen LogP contribution in [0.15, 0.2) is 24.3 Å². The van der Waals surface area contributed by atoms with Crippen molar-refractivity contribution in [2.45, 2.75) is 20.0 Å². The summed E-state index contributed by atoms with van der Waals surface area (Å²) in [7, 11) is 0. The van der Waals surface area contributed by atoms with Crippen LogP contribution in [0.3, 0.4) is 0 Å². The molecule has 140 valence electrons. The van der Waals surface area contributed by atoms with E-state index in [1.807, 2.05) is 28.8 Å². The second-order valence-electron chi connectivity index (χ2n) is 7.57. The summed E-state index contributed by atoms with van der Waals surface area (Å²) in [6, 6.07) is 8.00. The van der Waals surface area contributed by atoms with Gasteiger partial charge in [0.1, 0.15) is 12.4 Å². The smallest absolute Gasteiger partial charge is 0.240 e. The number of hydrogen-bond donors (Lipinski definition) is 1. The molecule has 7 nitrogen and oxygen atoms in total. The van der Waals surface area contributed by atoms with E-state index >= 15 is 0 Å². The largest absolute Gasteiger partial charge is 0.380 e. The highest BCUT2D eigenvalue weighted by molar-refractivity contribution is 5.81. The predicted octanol–water partition coefficient (Wildman–Crippen LogP) is 1.02. The minimum Gasteiger partial charge on any atom is -0.380 e. The van der Waals surface area contributed by atoms with E-state index in [1.54, 1.807) is 0 Å². The zero-order valence-electron chi connectivity index (χ0n) is 15.2. The zero-order chi connectivity index (χ0) is 18.0. The molecule has 1 aromatic carbocycles. The van der Waals surface area contributed by atoms with Crippen molar-refractivity contribution in [2.75, 3.05) is 46.1 Å². The fraction of sp³-hybridized carbons (Fsp3) is 0.579. The van der Waals surface area contributed by atoms with Gasteiger partial charge in [-0.3, -0.25) is 9.69 Å². The molecule has 3 heterocycles. The molecule has 1 amide bonds. The molecular weight excluding hydrogens is 332 g/mol. The number of amides is 1. The van der Waals surface area contributed by atoms with Gasteiger partial charge in [-0.25, -0.2) is 4.98 Å². The molecular formula is C19H26N4O3. The summed E-state index contributed by atoms with van der Waals surface area (Å²) in [4.78, 5) is 19.7. The van der Waals surface area contributed by atoms with Crippen molar-refractivity contribution in [3.63, 3.8) is 0 Å². The number of carbonyl (C=O) groups is 1. The van der Waals surface area contributed by atoms with Gasteiger partial charge in [-0.05, 0) is 12.1 Å². The van der Waals surface area contributed by atoms with Crippen molar-refractivity contribution in [3.05, 3.63) is 30.1 Å². The summed E-state index contributed by atoms with van der Waals surface area (Å²) in [6.45, 7) is 8.52. The van der Waals surface area contributed by atoms with Crippen LogP contribution >= 0.6 is 0 Å². The second-order valence-corrected chi connectivity index (χ2v) is 7.57. The molecule has 1 N–H and O–H groups in total. The maximum atomic E-state index is 12.6. The third-order valence-electron chi connectivity index (χ3n) is 5.12. The normalized spacial score (nSPS) is 20.0. The van der Waals surface area contributed by atoms with Crippen molar-refractivity contribution in [3.8, 4) is 0 Å². The number of fused-ring (bicyclic) bond motifs is 1.